The topological polar surface area (TPSA) is 0 Å². The lowest BCUT2D eigenvalue weighted by Crippen LogP contribution is -2.34. The summed E-state index contributed by atoms with van der Waals surface area (Å²) in [6, 6.07) is 15.5. The molecule has 124 valence electrons. The van der Waals surface area contributed by atoms with Crippen molar-refractivity contribution in [2.75, 3.05) is 0 Å². The van der Waals surface area contributed by atoms with Crippen molar-refractivity contribution in [1.29, 1.82) is 0 Å². The van der Waals surface area contributed by atoms with Gasteiger partial charge < -0.3 is 0 Å². The molecule has 0 unspecified atom stereocenters. The van der Waals surface area contributed by atoms with E-state index in [2.05, 4.69) is 85.8 Å². The third-order valence-corrected chi connectivity index (χ3v) is 5.11. The maximum atomic E-state index is 2.41. The maximum absolute atomic E-state index is 2.41. The second-order valence-corrected chi connectivity index (χ2v) is 6.82. The normalized spacial score (nSPS) is 23.4. The first-order chi connectivity index (χ1) is 12.3. The molecule has 2 aliphatic rings. The Kier molecular flexibility index (Phi) is 4.52. The van der Waals surface area contributed by atoms with E-state index >= 15 is 0 Å². The van der Waals surface area contributed by atoms with Crippen molar-refractivity contribution >= 4 is 23.8 Å². The highest BCUT2D eigenvalue weighted by molar-refractivity contribution is 5.79. The molecule has 0 amide bonds. The zero-order valence-electron chi connectivity index (χ0n) is 14.8. The van der Waals surface area contributed by atoms with Gasteiger partial charge in [-0.15, -0.1) is 0 Å². The van der Waals surface area contributed by atoms with Gasteiger partial charge in [-0.25, -0.2) is 0 Å². The number of allylic oxidation sites excluding steroid dienone is 4. The summed E-state index contributed by atoms with van der Waals surface area (Å²) in [7, 11) is 0. The van der Waals surface area contributed by atoms with Crippen LogP contribution in [0.5, 0.6) is 0 Å². The predicted octanol–water partition coefficient (Wildman–Crippen LogP) is 3.32. The van der Waals surface area contributed by atoms with Crippen LogP contribution in [0.25, 0.3) is 23.8 Å². The molecule has 0 bridgehead atoms. The van der Waals surface area contributed by atoms with Crippen LogP contribution in [0.4, 0.5) is 0 Å². The molecule has 2 aromatic carbocycles. The fraction of sp³-hybridized carbons (Fsp3) is 0.200. The molecular weight excluding hydrogens is 300 g/mol. The van der Waals surface area contributed by atoms with Crippen LogP contribution >= 0.6 is 0 Å². The Labute approximate surface area is 149 Å². The first-order valence-corrected chi connectivity index (χ1v) is 9.28. The van der Waals surface area contributed by atoms with Crippen molar-refractivity contribution in [3.63, 3.8) is 0 Å². The molecule has 0 fully saturated rings. The highest BCUT2D eigenvalue weighted by atomic mass is 14.1. The Morgan fingerprint density at radius 3 is 2.48 bits per heavy atom. The second-order valence-electron chi connectivity index (χ2n) is 6.82. The van der Waals surface area contributed by atoms with Gasteiger partial charge in [-0.1, -0.05) is 78.9 Å². The molecule has 25 heavy (non-hydrogen) atoms. The molecule has 0 aliphatic heterocycles. The van der Waals surface area contributed by atoms with Crippen molar-refractivity contribution in [1.82, 2.24) is 0 Å². The third kappa shape index (κ3) is 3.17. The Hall–Kier alpha value is -2.60. The zero-order valence-corrected chi connectivity index (χ0v) is 14.8. The fourth-order valence-corrected chi connectivity index (χ4v) is 3.88. The molecule has 2 aliphatic carbocycles. The van der Waals surface area contributed by atoms with Crippen LogP contribution in [0.1, 0.15) is 38.2 Å². The summed E-state index contributed by atoms with van der Waals surface area (Å²) in [4.78, 5) is 0. The molecule has 4 rings (SSSR count). The van der Waals surface area contributed by atoms with Crippen LogP contribution < -0.4 is 20.9 Å². The van der Waals surface area contributed by atoms with Gasteiger partial charge >= 0.3 is 0 Å². The predicted molar refractivity (Wildman–Crippen MR) is 109 cm³/mol. The third-order valence-electron chi connectivity index (χ3n) is 5.11. The molecule has 0 heteroatoms. The van der Waals surface area contributed by atoms with Crippen LogP contribution in [-0.4, -0.2) is 0 Å². The summed E-state index contributed by atoms with van der Waals surface area (Å²) in [6.45, 7) is 2.27. The van der Waals surface area contributed by atoms with Gasteiger partial charge in [-0.05, 0) is 70.2 Å². The van der Waals surface area contributed by atoms with Gasteiger partial charge in [0.1, 0.15) is 0 Å². The number of fused-ring (bicyclic) bond motifs is 2. The minimum absolute atomic E-state index is 1.09. The Morgan fingerprint density at radius 2 is 1.52 bits per heavy atom. The second kappa shape index (κ2) is 7.11. The van der Waals surface area contributed by atoms with Gasteiger partial charge in [0.15, 0.2) is 0 Å². The average Bonchev–Trinajstić information content (AvgIpc) is 2.66. The van der Waals surface area contributed by atoms with Crippen molar-refractivity contribution in [3.05, 3.63) is 92.7 Å². The van der Waals surface area contributed by atoms with E-state index in [9.17, 15) is 0 Å². The molecule has 2 aromatic rings. The Balaban J connectivity index is 2.18. The standard InChI is InChI=1S/C25H24/c1-19-11-4-2-3-5-12-21-14-7-9-17-23(21)25(19)24-18-10-15-20-13-6-8-16-22(20)24/h3,5,7,9-18H,2,4,6,8H2,1H3/b5-3+,19-11+,21-12-,25-23+. The van der Waals surface area contributed by atoms with E-state index in [0.29, 0.717) is 0 Å². The molecule has 0 aromatic heterocycles. The van der Waals surface area contributed by atoms with E-state index in [4.69, 9.17) is 0 Å². The summed E-state index contributed by atoms with van der Waals surface area (Å²) in [5.41, 5.74) is 4.13. The quantitative estimate of drug-likeness (QED) is 0.755. The van der Waals surface area contributed by atoms with Crippen LogP contribution in [-0.2, 0) is 0 Å². The summed E-state index contributed by atoms with van der Waals surface area (Å²) < 4.78 is 0. The minimum atomic E-state index is 1.09. The fourth-order valence-electron chi connectivity index (χ4n) is 3.88. The monoisotopic (exact) mass is 324 g/mol. The molecule has 0 atom stereocenters. The lowest BCUT2D eigenvalue weighted by atomic mass is 9.90. The van der Waals surface area contributed by atoms with Gasteiger partial charge in [-0.2, -0.15) is 0 Å². The maximum Gasteiger partial charge on any atom is -0.00732 e. The molecule has 0 radical (unpaired) electrons. The highest BCUT2D eigenvalue weighted by Crippen LogP contribution is 2.18. The zero-order chi connectivity index (χ0) is 17.1. The molecule has 0 saturated heterocycles. The smallest absolute Gasteiger partial charge is 0.00732 e. The summed E-state index contributed by atoms with van der Waals surface area (Å²) in [5.74, 6) is 0. The van der Waals surface area contributed by atoms with Gasteiger partial charge in [-0.3, -0.25) is 0 Å². The molecule has 0 N–H and O–H groups in total. The first kappa shape index (κ1) is 15.9. The molecular formula is C25H24. The van der Waals surface area contributed by atoms with E-state index in [0.717, 1.165) is 25.7 Å². The SMILES string of the molecule is CC1=C/CC/C=C/C=c2/cccc/c2=C/1c1cccc2c1=CCCC=2. The molecule has 0 nitrogen and oxygen atoms in total. The van der Waals surface area contributed by atoms with Crippen LogP contribution in [0.3, 0.4) is 0 Å². The van der Waals surface area contributed by atoms with Gasteiger partial charge in [0, 0.05) is 0 Å². The lowest BCUT2D eigenvalue weighted by Gasteiger charge is -2.14. The van der Waals surface area contributed by atoms with E-state index in [-0.39, 0.29) is 0 Å². The minimum Gasteiger partial charge on any atom is -0.0842 e. The molecule has 0 heterocycles. The van der Waals surface area contributed by atoms with Crippen LogP contribution in [0.2, 0.25) is 0 Å². The number of hydrogen-bond acceptors (Lipinski definition) is 0. The number of hydrogen-bond donors (Lipinski definition) is 0. The summed E-state index contributed by atoms with van der Waals surface area (Å²) >= 11 is 0. The average molecular weight is 324 g/mol. The largest absolute Gasteiger partial charge is 0.0842 e. The number of benzene rings is 2. The van der Waals surface area contributed by atoms with Crippen molar-refractivity contribution in [3.8, 4) is 0 Å². The van der Waals surface area contributed by atoms with Gasteiger partial charge in [0.2, 0.25) is 0 Å². The molecule has 0 spiro atoms. The van der Waals surface area contributed by atoms with Crippen molar-refractivity contribution < 1.29 is 0 Å². The van der Waals surface area contributed by atoms with E-state index in [1.807, 2.05) is 0 Å². The summed E-state index contributed by atoms with van der Waals surface area (Å²) in [6.07, 6.45) is 18.4. The van der Waals surface area contributed by atoms with E-state index in [1.165, 1.54) is 37.6 Å². The van der Waals surface area contributed by atoms with Crippen LogP contribution in [0.15, 0.2) is 66.3 Å². The first-order valence-electron chi connectivity index (χ1n) is 9.28. The Bertz CT molecular complexity index is 1090. The van der Waals surface area contributed by atoms with Crippen LogP contribution in [0, 0.1) is 0 Å². The van der Waals surface area contributed by atoms with Crippen molar-refractivity contribution in [2.45, 2.75) is 32.6 Å². The number of rotatable bonds is 1. The Morgan fingerprint density at radius 1 is 0.720 bits per heavy atom. The van der Waals surface area contributed by atoms with Crippen molar-refractivity contribution in [2.24, 2.45) is 0 Å². The van der Waals surface area contributed by atoms with Gasteiger partial charge in [0.05, 0.1) is 0 Å². The summed E-state index contributed by atoms with van der Waals surface area (Å²) in [5, 5.41) is 5.40. The van der Waals surface area contributed by atoms with E-state index < -0.39 is 0 Å². The lowest BCUT2D eigenvalue weighted by molar-refractivity contribution is 1.04. The van der Waals surface area contributed by atoms with E-state index in [1.54, 1.807) is 0 Å². The molecule has 0 saturated carbocycles. The van der Waals surface area contributed by atoms with Gasteiger partial charge in [0.25, 0.3) is 0 Å². The highest BCUT2D eigenvalue weighted by Gasteiger charge is 2.10.